The first-order valence-corrected chi connectivity index (χ1v) is 7.57. The lowest BCUT2D eigenvalue weighted by Crippen LogP contribution is -2.37. The Kier molecular flexibility index (Phi) is 5.76. The molecule has 0 aliphatic heterocycles. The second-order valence-electron chi connectivity index (χ2n) is 5.04. The third-order valence-electron chi connectivity index (χ3n) is 3.15. The van der Waals surface area contributed by atoms with Crippen LogP contribution in [0, 0.1) is 0 Å². The Balaban J connectivity index is 2.06. The highest BCUT2D eigenvalue weighted by atomic mass is 35.5. The van der Waals surface area contributed by atoms with Crippen LogP contribution in [-0.2, 0) is 16.0 Å². The van der Waals surface area contributed by atoms with Crippen LogP contribution in [0.5, 0.6) is 0 Å². The molecule has 0 aliphatic rings. The Hall–Kier alpha value is -2.34. The van der Waals surface area contributed by atoms with Crippen molar-refractivity contribution in [3.8, 4) is 11.5 Å². The molecule has 0 bridgehead atoms. The Morgan fingerprint density at radius 1 is 1.30 bits per heavy atom. The minimum absolute atomic E-state index is 0.00434. The van der Waals surface area contributed by atoms with Gasteiger partial charge >= 0.3 is 5.97 Å². The monoisotopic (exact) mass is 336 g/mol. The van der Waals surface area contributed by atoms with E-state index in [1.54, 1.807) is 24.3 Å². The van der Waals surface area contributed by atoms with Crippen LogP contribution < -0.4 is 0 Å². The largest absolute Gasteiger partial charge is 0.480 e. The summed E-state index contributed by atoms with van der Waals surface area (Å²) < 4.78 is 5.37. The summed E-state index contributed by atoms with van der Waals surface area (Å²) in [7, 11) is 0. The van der Waals surface area contributed by atoms with E-state index in [0.29, 0.717) is 29.6 Å². The SMILES string of the molecule is CCCN(CC(=O)O)C(=O)Cc1coc(-c2ccc(Cl)cc2)n1. The summed E-state index contributed by atoms with van der Waals surface area (Å²) in [4.78, 5) is 28.6. The van der Waals surface area contributed by atoms with Crippen LogP contribution in [0.15, 0.2) is 34.9 Å². The molecule has 0 fully saturated rings. The first-order valence-electron chi connectivity index (χ1n) is 7.19. The summed E-state index contributed by atoms with van der Waals surface area (Å²) >= 11 is 5.83. The summed E-state index contributed by atoms with van der Waals surface area (Å²) in [6.07, 6.45) is 2.10. The minimum atomic E-state index is -1.03. The van der Waals surface area contributed by atoms with Crippen LogP contribution in [0.2, 0.25) is 5.02 Å². The molecule has 1 heterocycles. The predicted molar refractivity (Wildman–Crippen MR) is 85.2 cm³/mol. The van der Waals surface area contributed by atoms with Gasteiger partial charge in [0.15, 0.2) is 0 Å². The smallest absolute Gasteiger partial charge is 0.323 e. The number of aromatic nitrogens is 1. The maximum absolute atomic E-state index is 12.2. The molecule has 0 unspecified atom stereocenters. The van der Waals surface area contributed by atoms with E-state index in [2.05, 4.69) is 4.98 Å². The standard InChI is InChI=1S/C16H17ClN2O4/c1-2-7-19(9-15(21)22)14(20)8-13-10-23-16(18-13)11-3-5-12(17)6-4-11/h3-6,10H,2,7-9H2,1H3,(H,21,22). The Morgan fingerprint density at radius 2 is 2.00 bits per heavy atom. The fourth-order valence-electron chi connectivity index (χ4n) is 2.11. The maximum Gasteiger partial charge on any atom is 0.323 e. The molecule has 6 nitrogen and oxygen atoms in total. The fraction of sp³-hybridized carbons (Fsp3) is 0.312. The van der Waals surface area contributed by atoms with Gasteiger partial charge in [-0.05, 0) is 30.7 Å². The second kappa shape index (κ2) is 7.78. The normalized spacial score (nSPS) is 10.5. The van der Waals surface area contributed by atoms with Gasteiger partial charge in [0.1, 0.15) is 12.8 Å². The van der Waals surface area contributed by atoms with Crippen molar-refractivity contribution in [3.63, 3.8) is 0 Å². The Labute approximate surface area is 138 Å². The van der Waals surface area contributed by atoms with Crippen molar-refractivity contribution in [2.45, 2.75) is 19.8 Å². The summed E-state index contributed by atoms with van der Waals surface area (Å²) in [5, 5.41) is 9.47. The highest BCUT2D eigenvalue weighted by Gasteiger charge is 2.18. The van der Waals surface area contributed by atoms with Gasteiger partial charge in [-0.2, -0.15) is 0 Å². The molecule has 23 heavy (non-hydrogen) atoms. The van der Waals surface area contributed by atoms with E-state index >= 15 is 0 Å². The van der Waals surface area contributed by atoms with Crippen molar-refractivity contribution in [2.75, 3.05) is 13.1 Å². The number of carbonyl (C=O) groups is 2. The van der Waals surface area contributed by atoms with Gasteiger partial charge < -0.3 is 14.4 Å². The number of benzene rings is 1. The highest BCUT2D eigenvalue weighted by Crippen LogP contribution is 2.21. The number of carboxylic acid groups (broad SMARTS) is 1. The lowest BCUT2D eigenvalue weighted by molar-refractivity contribution is -0.144. The Bertz CT molecular complexity index is 682. The molecule has 0 spiro atoms. The number of nitrogens with zero attached hydrogens (tertiary/aromatic N) is 2. The molecule has 1 N–H and O–H groups in total. The summed E-state index contributed by atoms with van der Waals surface area (Å²) in [5.41, 5.74) is 1.22. The van der Waals surface area contributed by atoms with Gasteiger partial charge in [-0.1, -0.05) is 18.5 Å². The van der Waals surface area contributed by atoms with Crippen LogP contribution in [-0.4, -0.2) is 40.0 Å². The van der Waals surface area contributed by atoms with Crippen LogP contribution in [0.3, 0.4) is 0 Å². The van der Waals surface area contributed by atoms with E-state index in [1.165, 1.54) is 11.2 Å². The molecule has 1 amide bonds. The zero-order valence-electron chi connectivity index (χ0n) is 12.7. The first kappa shape index (κ1) is 17.0. The van der Waals surface area contributed by atoms with Gasteiger partial charge in [-0.15, -0.1) is 0 Å². The van der Waals surface area contributed by atoms with E-state index in [9.17, 15) is 9.59 Å². The molecule has 0 aliphatic carbocycles. The van der Waals surface area contributed by atoms with Crippen LogP contribution in [0.25, 0.3) is 11.5 Å². The number of halogens is 1. The zero-order valence-corrected chi connectivity index (χ0v) is 13.4. The van der Waals surface area contributed by atoms with Gasteiger partial charge in [0.2, 0.25) is 11.8 Å². The molecule has 122 valence electrons. The van der Waals surface area contributed by atoms with Crippen LogP contribution in [0.4, 0.5) is 0 Å². The third kappa shape index (κ3) is 4.82. The average Bonchev–Trinajstić information content (AvgIpc) is 2.95. The van der Waals surface area contributed by atoms with Crippen molar-refractivity contribution in [1.82, 2.24) is 9.88 Å². The van der Waals surface area contributed by atoms with Gasteiger partial charge in [-0.3, -0.25) is 9.59 Å². The molecular weight excluding hydrogens is 320 g/mol. The molecule has 0 radical (unpaired) electrons. The van der Waals surface area contributed by atoms with Crippen molar-refractivity contribution < 1.29 is 19.1 Å². The molecule has 1 aromatic carbocycles. The topological polar surface area (TPSA) is 83.6 Å². The number of amides is 1. The van der Waals surface area contributed by atoms with Gasteiger partial charge in [0.05, 0.1) is 12.1 Å². The average molecular weight is 337 g/mol. The van der Waals surface area contributed by atoms with Gasteiger partial charge in [-0.25, -0.2) is 4.98 Å². The molecular formula is C16H17ClN2O4. The molecule has 2 aromatic rings. The predicted octanol–water partition coefficient (Wildman–Crippen LogP) is 2.86. The molecule has 0 saturated carbocycles. The van der Waals surface area contributed by atoms with E-state index in [4.69, 9.17) is 21.1 Å². The molecule has 0 atom stereocenters. The van der Waals surface area contributed by atoms with Crippen LogP contribution >= 0.6 is 11.6 Å². The third-order valence-corrected chi connectivity index (χ3v) is 3.40. The number of hydrogen-bond donors (Lipinski definition) is 1. The number of carbonyl (C=O) groups excluding carboxylic acids is 1. The molecule has 7 heteroatoms. The van der Waals surface area contributed by atoms with Gasteiger partial charge in [0.25, 0.3) is 0 Å². The highest BCUT2D eigenvalue weighted by molar-refractivity contribution is 6.30. The van der Waals surface area contributed by atoms with E-state index in [-0.39, 0.29) is 18.9 Å². The fourth-order valence-corrected chi connectivity index (χ4v) is 2.23. The summed E-state index contributed by atoms with van der Waals surface area (Å²) in [6.45, 7) is 1.97. The zero-order chi connectivity index (χ0) is 16.8. The van der Waals surface area contributed by atoms with Crippen molar-refractivity contribution in [2.24, 2.45) is 0 Å². The minimum Gasteiger partial charge on any atom is -0.480 e. The number of oxazole rings is 1. The molecule has 0 saturated heterocycles. The van der Waals surface area contributed by atoms with E-state index in [1.807, 2.05) is 6.92 Å². The lowest BCUT2D eigenvalue weighted by Gasteiger charge is -2.19. The molecule has 1 aromatic heterocycles. The van der Waals surface area contributed by atoms with Crippen molar-refractivity contribution in [3.05, 3.63) is 41.2 Å². The van der Waals surface area contributed by atoms with E-state index < -0.39 is 5.97 Å². The van der Waals surface area contributed by atoms with Crippen LogP contribution in [0.1, 0.15) is 19.0 Å². The number of carboxylic acids is 1. The number of rotatable bonds is 7. The quantitative estimate of drug-likeness (QED) is 0.840. The first-order chi connectivity index (χ1) is 11.0. The Morgan fingerprint density at radius 3 is 2.61 bits per heavy atom. The number of hydrogen-bond acceptors (Lipinski definition) is 4. The lowest BCUT2D eigenvalue weighted by atomic mass is 10.2. The summed E-state index contributed by atoms with van der Waals surface area (Å²) in [5.74, 6) is -0.927. The molecule has 2 rings (SSSR count). The van der Waals surface area contributed by atoms with E-state index in [0.717, 1.165) is 5.56 Å². The van der Waals surface area contributed by atoms with Crippen molar-refractivity contribution >= 4 is 23.5 Å². The second-order valence-corrected chi connectivity index (χ2v) is 5.47. The maximum atomic E-state index is 12.2. The summed E-state index contributed by atoms with van der Waals surface area (Å²) in [6, 6.07) is 6.99. The van der Waals surface area contributed by atoms with Gasteiger partial charge in [0, 0.05) is 17.1 Å². The van der Waals surface area contributed by atoms with Crippen molar-refractivity contribution in [1.29, 1.82) is 0 Å². The number of aliphatic carboxylic acids is 1.